The molecule has 0 spiro atoms. The first-order chi connectivity index (χ1) is 8.53. The number of likely N-dealkylation sites (N-methyl/N-ethyl adjacent to an activating group) is 1. The number of rotatable bonds is 5. The third-order valence-corrected chi connectivity index (χ3v) is 4.36. The number of nitrogens with zero attached hydrogens (tertiary/aromatic N) is 1. The fraction of sp³-hybridized carbons (Fsp3) is 0.600. The molecule has 1 aromatic rings. The molecule has 1 saturated carbocycles. The maximum atomic E-state index is 9.29. The molecule has 18 heavy (non-hydrogen) atoms. The normalized spacial score (nSPS) is 19.6. The van der Waals surface area contributed by atoms with Gasteiger partial charge >= 0.3 is 0 Å². The van der Waals surface area contributed by atoms with Crippen LogP contribution in [-0.2, 0) is 0 Å². The highest BCUT2D eigenvalue weighted by Crippen LogP contribution is 2.35. The van der Waals surface area contributed by atoms with Crippen LogP contribution in [0, 0.1) is 0 Å². The number of hydrogen-bond donors (Lipinski definition) is 2. The number of nitrogens with one attached hydrogen (secondary N) is 1. The third-order valence-electron chi connectivity index (χ3n) is 4.36. The first-order valence-electron chi connectivity index (χ1n) is 6.73. The maximum absolute atomic E-state index is 9.29. The van der Waals surface area contributed by atoms with Crippen molar-refractivity contribution < 1.29 is 5.11 Å². The van der Waals surface area contributed by atoms with Gasteiger partial charge in [0.15, 0.2) is 0 Å². The Balaban J connectivity index is 1.91. The predicted octanol–water partition coefficient (Wildman–Crippen LogP) is 2.53. The van der Waals surface area contributed by atoms with Gasteiger partial charge < -0.3 is 15.3 Å². The third kappa shape index (κ3) is 2.68. The molecule has 1 fully saturated rings. The lowest BCUT2D eigenvalue weighted by Crippen LogP contribution is -2.56. The summed E-state index contributed by atoms with van der Waals surface area (Å²) in [5.74, 6) is 0.328. The van der Waals surface area contributed by atoms with Crippen molar-refractivity contribution in [2.45, 2.75) is 37.8 Å². The second-order valence-electron chi connectivity index (χ2n) is 5.67. The minimum atomic E-state index is 0.322. The molecule has 0 bridgehead atoms. The van der Waals surface area contributed by atoms with Crippen LogP contribution >= 0.6 is 0 Å². The molecule has 0 heterocycles. The van der Waals surface area contributed by atoms with Gasteiger partial charge in [-0.1, -0.05) is 12.1 Å². The summed E-state index contributed by atoms with van der Waals surface area (Å²) in [6, 6.07) is 7.78. The Hall–Kier alpha value is -1.06. The van der Waals surface area contributed by atoms with Gasteiger partial charge in [0, 0.05) is 18.1 Å². The Morgan fingerprint density at radius 1 is 1.28 bits per heavy atom. The average molecular weight is 248 g/mol. The van der Waals surface area contributed by atoms with Crippen molar-refractivity contribution in [2.24, 2.45) is 0 Å². The summed E-state index contributed by atoms with van der Waals surface area (Å²) in [5.41, 5.74) is 1.58. The zero-order chi connectivity index (χ0) is 13.2. The van der Waals surface area contributed by atoms with Crippen molar-refractivity contribution in [1.29, 1.82) is 0 Å². The maximum Gasteiger partial charge on any atom is 0.115 e. The molecule has 1 aromatic carbocycles. The minimum absolute atomic E-state index is 0.322. The van der Waals surface area contributed by atoms with Crippen molar-refractivity contribution in [3.63, 3.8) is 0 Å². The van der Waals surface area contributed by atoms with Gasteiger partial charge in [0.05, 0.1) is 0 Å². The molecule has 0 aromatic heterocycles. The van der Waals surface area contributed by atoms with E-state index in [1.807, 2.05) is 12.1 Å². The lowest BCUT2D eigenvalue weighted by molar-refractivity contribution is 0.0576. The van der Waals surface area contributed by atoms with Gasteiger partial charge in [-0.05, 0) is 58.0 Å². The zero-order valence-corrected chi connectivity index (χ0v) is 11.6. The van der Waals surface area contributed by atoms with Crippen LogP contribution in [0.15, 0.2) is 24.3 Å². The van der Waals surface area contributed by atoms with Crippen LogP contribution in [0.2, 0.25) is 0 Å². The second kappa shape index (κ2) is 5.29. The molecule has 0 saturated heterocycles. The van der Waals surface area contributed by atoms with E-state index in [-0.39, 0.29) is 0 Å². The minimum Gasteiger partial charge on any atom is -0.508 e. The predicted molar refractivity (Wildman–Crippen MR) is 74.8 cm³/mol. The molecule has 0 radical (unpaired) electrons. The standard InChI is InChI=1S/C15H24N2O/c1-12(13-5-7-14(18)8-6-13)16-11-15(17(2)3)9-4-10-15/h5-8,12,16,18H,4,9-11H2,1-3H3. The van der Waals surface area contributed by atoms with Gasteiger partial charge in [0.2, 0.25) is 0 Å². The van der Waals surface area contributed by atoms with E-state index >= 15 is 0 Å². The highest BCUT2D eigenvalue weighted by molar-refractivity contribution is 5.27. The van der Waals surface area contributed by atoms with Crippen molar-refractivity contribution in [2.75, 3.05) is 20.6 Å². The van der Waals surface area contributed by atoms with E-state index in [1.165, 1.54) is 24.8 Å². The van der Waals surface area contributed by atoms with Gasteiger partial charge in [0.25, 0.3) is 0 Å². The molecule has 0 amide bonds. The van der Waals surface area contributed by atoms with Crippen molar-refractivity contribution in [3.05, 3.63) is 29.8 Å². The number of hydrogen-bond acceptors (Lipinski definition) is 3. The SMILES string of the molecule is CC(NCC1(N(C)C)CCC1)c1ccc(O)cc1. The summed E-state index contributed by atoms with van der Waals surface area (Å²) in [5, 5.41) is 12.9. The van der Waals surface area contributed by atoms with Gasteiger partial charge in [-0.15, -0.1) is 0 Å². The molecule has 100 valence electrons. The molecule has 1 aliphatic rings. The quantitative estimate of drug-likeness (QED) is 0.840. The fourth-order valence-corrected chi connectivity index (χ4v) is 2.59. The van der Waals surface area contributed by atoms with Gasteiger partial charge in [-0.25, -0.2) is 0 Å². The van der Waals surface area contributed by atoms with Gasteiger partial charge in [0.1, 0.15) is 5.75 Å². The molecule has 1 atom stereocenters. The van der Waals surface area contributed by atoms with Crippen LogP contribution < -0.4 is 5.32 Å². The Bertz CT molecular complexity index is 382. The van der Waals surface area contributed by atoms with Gasteiger partial charge in [-0.2, -0.15) is 0 Å². The Morgan fingerprint density at radius 3 is 2.33 bits per heavy atom. The van der Waals surface area contributed by atoms with Crippen molar-refractivity contribution >= 4 is 0 Å². The molecule has 3 heteroatoms. The molecule has 1 aliphatic carbocycles. The molecular weight excluding hydrogens is 224 g/mol. The summed E-state index contributed by atoms with van der Waals surface area (Å²) in [6.07, 6.45) is 3.91. The lowest BCUT2D eigenvalue weighted by atomic mass is 9.75. The topological polar surface area (TPSA) is 35.5 Å². The molecule has 2 rings (SSSR count). The highest BCUT2D eigenvalue weighted by atomic mass is 16.3. The van der Waals surface area contributed by atoms with Gasteiger partial charge in [-0.3, -0.25) is 0 Å². The van der Waals surface area contributed by atoms with Crippen LogP contribution in [0.1, 0.15) is 37.8 Å². The molecule has 2 N–H and O–H groups in total. The van der Waals surface area contributed by atoms with E-state index in [0.717, 1.165) is 6.54 Å². The van der Waals surface area contributed by atoms with Crippen molar-refractivity contribution in [1.82, 2.24) is 10.2 Å². The van der Waals surface area contributed by atoms with E-state index in [4.69, 9.17) is 0 Å². The Labute approximate surface area is 110 Å². The van der Waals surface area contributed by atoms with E-state index in [0.29, 0.717) is 17.3 Å². The van der Waals surface area contributed by atoms with Crippen LogP contribution in [-0.4, -0.2) is 36.2 Å². The van der Waals surface area contributed by atoms with Crippen LogP contribution in [0.3, 0.4) is 0 Å². The first-order valence-corrected chi connectivity index (χ1v) is 6.73. The van der Waals surface area contributed by atoms with Crippen LogP contribution in [0.5, 0.6) is 5.75 Å². The van der Waals surface area contributed by atoms with Crippen LogP contribution in [0.25, 0.3) is 0 Å². The fourth-order valence-electron chi connectivity index (χ4n) is 2.59. The smallest absolute Gasteiger partial charge is 0.115 e. The summed E-state index contributed by atoms with van der Waals surface area (Å²) in [4.78, 5) is 2.35. The highest BCUT2D eigenvalue weighted by Gasteiger charge is 2.38. The number of aromatic hydroxyl groups is 1. The first kappa shape index (κ1) is 13.4. The van der Waals surface area contributed by atoms with E-state index < -0.39 is 0 Å². The number of phenols is 1. The largest absolute Gasteiger partial charge is 0.508 e. The summed E-state index contributed by atoms with van der Waals surface area (Å²) in [7, 11) is 4.35. The monoisotopic (exact) mass is 248 g/mol. The van der Waals surface area contributed by atoms with E-state index in [2.05, 4.69) is 31.2 Å². The average Bonchev–Trinajstić information content (AvgIpc) is 2.27. The molecule has 0 aliphatic heterocycles. The molecule has 3 nitrogen and oxygen atoms in total. The zero-order valence-electron chi connectivity index (χ0n) is 11.6. The van der Waals surface area contributed by atoms with E-state index in [9.17, 15) is 5.11 Å². The van der Waals surface area contributed by atoms with Crippen LogP contribution in [0.4, 0.5) is 0 Å². The summed E-state index contributed by atoms with van der Waals surface area (Å²) < 4.78 is 0. The van der Waals surface area contributed by atoms with E-state index in [1.54, 1.807) is 12.1 Å². The molecular formula is C15H24N2O. The molecule has 1 unspecified atom stereocenters. The summed E-state index contributed by atoms with van der Waals surface area (Å²) in [6.45, 7) is 3.20. The number of phenolic OH excluding ortho intramolecular Hbond substituents is 1. The lowest BCUT2D eigenvalue weighted by Gasteiger charge is -2.48. The Kier molecular flexibility index (Phi) is 3.93. The summed E-state index contributed by atoms with van der Waals surface area (Å²) >= 11 is 0. The number of benzene rings is 1. The second-order valence-corrected chi connectivity index (χ2v) is 5.67. The Morgan fingerprint density at radius 2 is 1.89 bits per heavy atom. The van der Waals surface area contributed by atoms with Crippen molar-refractivity contribution in [3.8, 4) is 5.75 Å².